The Morgan fingerprint density at radius 3 is 2.94 bits per heavy atom. The highest BCUT2D eigenvalue weighted by molar-refractivity contribution is 6.30. The Morgan fingerprint density at radius 1 is 1.53 bits per heavy atom. The minimum absolute atomic E-state index is 0.0258. The van der Waals surface area contributed by atoms with Crippen molar-refractivity contribution in [2.75, 3.05) is 6.54 Å². The Morgan fingerprint density at radius 2 is 2.29 bits per heavy atom. The highest BCUT2D eigenvalue weighted by Gasteiger charge is 2.32. The van der Waals surface area contributed by atoms with Crippen LogP contribution in [0.25, 0.3) is 0 Å². The van der Waals surface area contributed by atoms with Gasteiger partial charge in [-0.2, -0.15) is 0 Å². The molecule has 1 aromatic rings. The Kier molecular flexibility index (Phi) is 3.43. The molecule has 1 atom stereocenters. The number of pyridine rings is 1. The van der Waals surface area contributed by atoms with Crippen molar-refractivity contribution in [1.29, 1.82) is 0 Å². The number of Topliss-reactive ketones (excluding diaryl/α,β-unsaturated/α-hetero) is 1. The van der Waals surface area contributed by atoms with Crippen LogP contribution < -0.4 is 0 Å². The number of aromatic nitrogens is 1. The molecule has 5 heteroatoms. The van der Waals surface area contributed by atoms with Gasteiger partial charge in [0.2, 0.25) is 0 Å². The van der Waals surface area contributed by atoms with E-state index in [-0.39, 0.29) is 17.7 Å². The van der Waals surface area contributed by atoms with Gasteiger partial charge in [0.25, 0.3) is 5.91 Å². The predicted molar refractivity (Wildman–Crippen MR) is 64.0 cm³/mol. The molecule has 0 N–H and O–H groups in total. The zero-order chi connectivity index (χ0) is 12.4. The van der Waals surface area contributed by atoms with Gasteiger partial charge in [-0.05, 0) is 31.9 Å². The minimum Gasteiger partial charge on any atom is -0.327 e. The molecule has 2 rings (SSSR count). The number of ketones is 1. The van der Waals surface area contributed by atoms with Crippen molar-refractivity contribution >= 4 is 23.3 Å². The van der Waals surface area contributed by atoms with E-state index >= 15 is 0 Å². The van der Waals surface area contributed by atoms with Crippen LogP contribution in [0.5, 0.6) is 0 Å². The van der Waals surface area contributed by atoms with E-state index in [1.165, 1.54) is 19.2 Å². The van der Waals surface area contributed by atoms with Crippen molar-refractivity contribution in [2.24, 2.45) is 0 Å². The molecule has 90 valence electrons. The average Bonchev–Trinajstić information content (AvgIpc) is 2.77. The average molecular weight is 253 g/mol. The molecule has 0 aromatic carbocycles. The lowest BCUT2D eigenvalue weighted by Crippen LogP contribution is -2.39. The summed E-state index contributed by atoms with van der Waals surface area (Å²) in [6.45, 7) is 2.12. The second kappa shape index (κ2) is 4.84. The fourth-order valence-corrected chi connectivity index (χ4v) is 2.26. The van der Waals surface area contributed by atoms with E-state index in [4.69, 9.17) is 11.6 Å². The third-order valence-corrected chi connectivity index (χ3v) is 3.16. The Bertz CT molecular complexity index is 462. The van der Waals surface area contributed by atoms with E-state index in [1.54, 1.807) is 11.0 Å². The third kappa shape index (κ3) is 2.47. The SMILES string of the molecule is CC(=O)[C@@H]1CCCN1C(=O)c1cc(Cl)ccn1. The summed E-state index contributed by atoms with van der Waals surface area (Å²) in [5.41, 5.74) is 0.297. The van der Waals surface area contributed by atoms with Gasteiger partial charge in [-0.1, -0.05) is 11.6 Å². The first-order chi connectivity index (χ1) is 8.09. The Hall–Kier alpha value is -1.42. The molecule has 0 spiro atoms. The first-order valence-corrected chi connectivity index (χ1v) is 5.90. The maximum absolute atomic E-state index is 12.2. The molecular formula is C12H13ClN2O2. The fraction of sp³-hybridized carbons (Fsp3) is 0.417. The second-order valence-electron chi connectivity index (χ2n) is 4.13. The van der Waals surface area contributed by atoms with Crippen molar-refractivity contribution in [3.63, 3.8) is 0 Å². The molecule has 1 aliphatic rings. The standard InChI is InChI=1S/C12H13ClN2O2/c1-8(16)11-3-2-6-15(11)12(17)10-7-9(13)4-5-14-10/h4-5,7,11H,2-3,6H2,1H3/t11-/m0/s1. The number of hydrogen-bond donors (Lipinski definition) is 0. The van der Waals surface area contributed by atoms with Gasteiger partial charge in [-0.15, -0.1) is 0 Å². The molecule has 1 aromatic heterocycles. The van der Waals surface area contributed by atoms with Crippen LogP contribution in [0.15, 0.2) is 18.3 Å². The zero-order valence-electron chi connectivity index (χ0n) is 9.52. The Labute approximate surface area is 105 Å². The highest BCUT2D eigenvalue weighted by atomic mass is 35.5. The van der Waals surface area contributed by atoms with Crippen LogP contribution in [0.3, 0.4) is 0 Å². The number of carbonyl (C=O) groups is 2. The lowest BCUT2D eigenvalue weighted by Gasteiger charge is -2.22. The molecule has 2 heterocycles. The third-order valence-electron chi connectivity index (χ3n) is 2.92. The maximum atomic E-state index is 12.2. The molecular weight excluding hydrogens is 240 g/mol. The number of hydrogen-bond acceptors (Lipinski definition) is 3. The largest absolute Gasteiger partial charge is 0.327 e. The molecule has 0 aliphatic carbocycles. The molecule has 0 bridgehead atoms. The highest BCUT2D eigenvalue weighted by Crippen LogP contribution is 2.21. The topological polar surface area (TPSA) is 50.3 Å². The molecule has 0 radical (unpaired) electrons. The van der Waals surface area contributed by atoms with E-state index in [0.717, 1.165) is 12.8 Å². The van der Waals surface area contributed by atoms with Crippen molar-refractivity contribution < 1.29 is 9.59 Å². The van der Waals surface area contributed by atoms with Crippen molar-refractivity contribution in [3.05, 3.63) is 29.0 Å². The lowest BCUT2D eigenvalue weighted by molar-refractivity contribution is -0.120. The van der Waals surface area contributed by atoms with Gasteiger partial charge in [0.05, 0.1) is 6.04 Å². The van der Waals surface area contributed by atoms with E-state index in [0.29, 0.717) is 17.3 Å². The van der Waals surface area contributed by atoms with Gasteiger partial charge in [-0.3, -0.25) is 14.6 Å². The molecule has 1 fully saturated rings. The maximum Gasteiger partial charge on any atom is 0.273 e. The quantitative estimate of drug-likeness (QED) is 0.808. The molecule has 1 saturated heterocycles. The summed E-state index contributed by atoms with van der Waals surface area (Å²) < 4.78 is 0. The number of halogens is 1. The molecule has 0 unspecified atom stereocenters. The lowest BCUT2D eigenvalue weighted by atomic mass is 10.1. The van der Waals surface area contributed by atoms with Crippen LogP contribution in [0.2, 0.25) is 5.02 Å². The molecule has 1 amide bonds. The molecule has 4 nitrogen and oxygen atoms in total. The number of nitrogens with zero attached hydrogens (tertiary/aromatic N) is 2. The number of likely N-dealkylation sites (tertiary alicyclic amines) is 1. The van der Waals surface area contributed by atoms with Gasteiger partial charge in [0.1, 0.15) is 5.69 Å². The van der Waals surface area contributed by atoms with E-state index < -0.39 is 0 Å². The normalized spacial score (nSPS) is 19.4. The summed E-state index contributed by atoms with van der Waals surface area (Å²) in [6.07, 6.45) is 3.09. The van der Waals surface area contributed by atoms with Gasteiger partial charge in [-0.25, -0.2) is 0 Å². The minimum atomic E-state index is -0.303. The second-order valence-corrected chi connectivity index (χ2v) is 4.56. The summed E-state index contributed by atoms with van der Waals surface area (Å²) >= 11 is 5.82. The van der Waals surface area contributed by atoms with Crippen LogP contribution >= 0.6 is 11.6 Å². The van der Waals surface area contributed by atoms with Gasteiger partial charge < -0.3 is 4.90 Å². The molecule has 0 saturated carbocycles. The van der Waals surface area contributed by atoms with E-state index in [2.05, 4.69) is 4.98 Å². The predicted octanol–water partition coefficient (Wildman–Crippen LogP) is 1.93. The molecule has 1 aliphatic heterocycles. The van der Waals surface area contributed by atoms with Crippen LogP contribution in [-0.2, 0) is 4.79 Å². The van der Waals surface area contributed by atoms with E-state index in [9.17, 15) is 9.59 Å². The Balaban J connectivity index is 2.23. The number of rotatable bonds is 2. The van der Waals surface area contributed by atoms with Crippen LogP contribution in [0.1, 0.15) is 30.3 Å². The first-order valence-electron chi connectivity index (χ1n) is 5.52. The van der Waals surface area contributed by atoms with Crippen LogP contribution in [-0.4, -0.2) is 34.2 Å². The van der Waals surface area contributed by atoms with Crippen molar-refractivity contribution in [2.45, 2.75) is 25.8 Å². The zero-order valence-corrected chi connectivity index (χ0v) is 10.3. The summed E-state index contributed by atoms with van der Waals surface area (Å²) in [5, 5.41) is 0.474. The first kappa shape index (κ1) is 12.0. The number of carbonyl (C=O) groups excluding carboxylic acids is 2. The smallest absolute Gasteiger partial charge is 0.273 e. The van der Waals surface area contributed by atoms with E-state index in [1.807, 2.05) is 0 Å². The van der Waals surface area contributed by atoms with Crippen molar-refractivity contribution in [1.82, 2.24) is 9.88 Å². The summed E-state index contributed by atoms with van der Waals surface area (Å²) in [4.78, 5) is 29.2. The van der Waals surface area contributed by atoms with Crippen molar-refractivity contribution in [3.8, 4) is 0 Å². The van der Waals surface area contributed by atoms with Gasteiger partial charge in [0.15, 0.2) is 5.78 Å². The van der Waals surface area contributed by atoms with Gasteiger partial charge >= 0.3 is 0 Å². The van der Waals surface area contributed by atoms with Gasteiger partial charge in [0, 0.05) is 17.8 Å². The monoisotopic (exact) mass is 252 g/mol. The van der Waals surface area contributed by atoms with Crippen LogP contribution in [0, 0.1) is 0 Å². The summed E-state index contributed by atoms with van der Waals surface area (Å²) in [5.74, 6) is -0.192. The number of amides is 1. The summed E-state index contributed by atoms with van der Waals surface area (Å²) in [7, 11) is 0. The fourth-order valence-electron chi connectivity index (χ4n) is 2.10. The van der Waals surface area contributed by atoms with Crippen LogP contribution in [0.4, 0.5) is 0 Å². The molecule has 17 heavy (non-hydrogen) atoms. The summed E-state index contributed by atoms with van der Waals surface area (Å²) in [6, 6.07) is 2.84.